The molecule has 1 aromatic rings. The van der Waals surface area contributed by atoms with Gasteiger partial charge in [0.1, 0.15) is 17.4 Å². The Bertz CT molecular complexity index is 517. The molecule has 1 aliphatic heterocycles. The van der Waals surface area contributed by atoms with Crippen molar-refractivity contribution < 1.29 is 24.5 Å². The minimum Gasteiger partial charge on any atom is -0.488 e. The van der Waals surface area contributed by atoms with Crippen LogP contribution >= 0.6 is 0 Å². The molecule has 1 fully saturated rings. The highest BCUT2D eigenvalue weighted by Gasteiger charge is 2.23. The number of carboxylic acids is 2. The first-order valence-electron chi connectivity index (χ1n) is 6.99. The molecule has 0 aliphatic carbocycles. The van der Waals surface area contributed by atoms with Crippen molar-refractivity contribution in [2.45, 2.75) is 25.4 Å². The van der Waals surface area contributed by atoms with Gasteiger partial charge in [0.05, 0.1) is 6.42 Å². The van der Waals surface area contributed by atoms with E-state index >= 15 is 0 Å². The molecule has 1 aromatic carbocycles. The molecule has 1 atom stereocenters. The molecule has 0 saturated carbocycles. The minimum absolute atomic E-state index is 0.104. The molecule has 114 valence electrons. The van der Waals surface area contributed by atoms with Gasteiger partial charge < -0.3 is 14.9 Å². The summed E-state index contributed by atoms with van der Waals surface area (Å²) in [5.41, 5.74) is 0.153. The number of hydrogen-bond acceptors (Lipinski definition) is 4. The quantitative estimate of drug-likeness (QED) is 0.830. The fourth-order valence-corrected chi connectivity index (χ4v) is 2.49. The molecule has 0 spiro atoms. The Kier molecular flexibility index (Phi) is 5.16. The van der Waals surface area contributed by atoms with Gasteiger partial charge >= 0.3 is 11.9 Å². The molecule has 1 aliphatic rings. The van der Waals surface area contributed by atoms with E-state index in [1.807, 2.05) is 4.90 Å². The summed E-state index contributed by atoms with van der Waals surface area (Å²) >= 11 is 0. The summed E-state index contributed by atoms with van der Waals surface area (Å²) in [6.07, 6.45) is 1.77. The van der Waals surface area contributed by atoms with Gasteiger partial charge in [0, 0.05) is 13.1 Å². The van der Waals surface area contributed by atoms with E-state index in [0.717, 1.165) is 19.4 Å². The number of rotatable bonds is 6. The minimum atomic E-state index is -1.01. The second-order valence-corrected chi connectivity index (χ2v) is 5.13. The average molecular weight is 293 g/mol. The Balaban J connectivity index is 1.96. The third-order valence-electron chi connectivity index (χ3n) is 3.52. The summed E-state index contributed by atoms with van der Waals surface area (Å²) in [5.74, 6) is -1.45. The van der Waals surface area contributed by atoms with Crippen LogP contribution in [0.5, 0.6) is 5.75 Å². The van der Waals surface area contributed by atoms with Gasteiger partial charge in [-0.05, 0) is 31.5 Å². The fraction of sp³-hybridized carbons (Fsp3) is 0.467. The average Bonchev–Trinajstić information content (AvgIpc) is 2.46. The van der Waals surface area contributed by atoms with Crippen molar-refractivity contribution in [2.24, 2.45) is 0 Å². The van der Waals surface area contributed by atoms with Gasteiger partial charge in [-0.25, -0.2) is 4.79 Å². The zero-order chi connectivity index (χ0) is 15.2. The molecule has 21 heavy (non-hydrogen) atoms. The lowest BCUT2D eigenvalue weighted by atomic mass is 10.1. The summed E-state index contributed by atoms with van der Waals surface area (Å²) in [4.78, 5) is 23.8. The van der Waals surface area contributed by atoms with Crippen LogP contribution in [0.1, 0.15) is 29.6 Å². The lowest BCUT2D eigenvalue weighted by Gasteiger charge is -2.32. The highest BCUT2D eigenvalue weighted by Crippen LogP contribution is 2.22. The molecule has 0 amide bonds. The van der Waals surface area contributed by atoms with Gasteiger partial charge in [0.15, 0.2) is 0 Å². The van der Waals surface area contributed by atoms with Crippen molar-refractivity contribution >= 4 is 11.9 Å². The molecule has 1 heterocycles. The van der Waals surface area contributed by atoms with Gasteiger partial charge in [-0.3, -0.25) is 9.69 Å². The Morgan fingerprint density at radius 3 is 2.76 bits per heavy atom. The van der Waals surface area contributed by atoms with Crippen LogP contribution in [0.3, 0.4) is 0 Å². The van der Waals surface area contributed by atoms with Crippen molar-refractivity contribution in [1.82, 2.24) is 4.90 Å². The van der Waals surface area contributed by atoms with E-state index in [1.165, 1.54) is 6.07 Å². The predicted molar refractivity (Wildman–Crippen MR) is 75.7 cm³/mol. The van der Waals surface area contributed by atoms with Crippen LogP contribution in [0.25, 0.3) is 0 Å². The number of para-hydroxylation sites is 1. The molecule has 1 saturated heterocycles. The van der Waals surface area contributed by atoms with E-state index in [2.05, 4.69) is 0 Å². The SMILES string of the molecule is O=C(O)CCN1CCCC(Oc2ccccc2C(=O)O)C1. The summed E-state index contributed by atoms with van der Waals surface area (Å²) in [6.45, 7) is 1.98. The molecular formula is C15H19NO5. The topological polar surface area (TPSA) is 87.1 Å². The number of carboxylic acid groups (broad SMARTS) is 2. The lowest BCUT2D eigenvalue weighted by molar-refractivity contribution is -0.137. The predicted octanol–water partition coefficient (Wildman–Crippen LogP) is 1.70. The van der Waals surface area contributed by atoms with Gasteiger partial charge in [-0.15, -0.1) is 0 Å². The molecule has 0 bridgehead atoms. The summed E-state index contributed by atoms with van der Waals surface area (Å²) < 4.78 is 5.81. The standard InChI is InChI=1S/C15H19NO5/c17-14(18)7-9-16-8-3-4-11(10-16)21-13-6-2-1-5-12(13)15(19)20/h1-2,5-6,11H,3-4,7-10H2,(H,17,18)(H,19,20). The van der Waals surface area contributed by atoms with Gasteiger partial charge in [0.2, 0.25) is 0 Å². The van der Waals surface area contributed by atoms with E-state index in [-0.39, 0.29) is 18.1 Å². The van der Waals surface area contributed by atoms with Gasteiger partial charge in [0.25, 0.3) is 0 Å². The van der Waals surface area contributed by atoms with Crippen molar-refractivity contribution in [3.8, 4) is 5.75 Å². The largest absolute Gasteiger partial charge is 0.488 e. The van der Waals surface area contributed by atoms with Gasteiger partial charge in [-0.2, -0.15) is 0 Å². The van der Waals surface area contributed by atoms with E-state index < -0.39 is 11.9 Å². The Morgan fingerprint density at radius 1 is 1.29 bits per heavy atom. The van der Waals surface area contributed by atoms with Crippen molar-refractivity contribution in [3.63, 3.8) is 0 Å². The second-order valence-electron chi connectivity index (χ2n) is 5.13. The third kappa shape index (κ3) is 4.46. The lowest BCUT2D eigenvalue weighted by Crippen LogP contribution is -2.42. The Morgan fingerprint density at radius 2 is 2.05 bits per heavy atom. The normalized spacial score (nSPS) is 19.1. The molecule has 0 radical (unpaired) electrons. The molecule has 6 nitrogen and oxygen atoms in total. The number of aliphatic carboxylic acids is 1. The van der Waals surface area contributed by atoms with Crippen LogP contribution in [0.2, 0.25) is 0 Å². The molecule has 6 heteroatoms. The Labute approximate surface area is 122 Å². The highest BCUT2D eigenvalue weighted by molar-refractivity contribution is 5.90. The Hall–Kier alpha value is -2.08. The summed E-state index contributed by atoms with van der Waals surface area (Å²) in [5, 5.41) is 17.9. The molecule has 2 rings (SSSR count). The zero-order valence-corrected chi connectivity index (χ0v) is 11.7. The van der Waals surface area contributed by atoms with E-state index in [0.29, 0.717) is 18.8 Å². The van der Waals surface area contributed by atoms with Crippen molar-refractivity contribution in [2.75, 3.05) is 19.6 Å². The number of ether oxygens (including phenoxy) is 1. The second kappa shape index (κ2) is 7.08. The van der Waals surface area contributed by atoms with Crippen LogP contribution in [0.4, 0.5) is 0 Å². The van der Waals surface area contributed by atoms with Crippen LogP contribution in [-0.2, 0) is 4.79 Å². The highest BCUT2D eigenvalue weighted by atomic mass is 16.5. The monoisotopic (exact) mass is 293 g/mol. The number of nitrogens with zero attached hydrogens (tertiary/aromatic N) is 1. The summed E-state index contributed by atoms with van der Waals surface area (Å²) in [6, 6.07) is 6.57. The number of aromatic carboxylic acids is 1. The van der Waals surface area contributed by atoms with Crippen LogP contribution in [0.15, 0.2) is 24.3 Å². The molecular weight excluding hydrogens is 274 g/mol. The molecule has 1 unspecified atom stereocenters. The first-order chi connectivity index (χ1) is 10.1. The number of carbonyl (C=O) groups is 2. The fourth-order valence-electron chi connectivity index (χ4n) is 2.49. The number of hydrogen-bond donors (Lipinski definition) is 2. The molecule has 0 aromatic heterocycles. The van der Waals surface area contributed by atoms with Crippen LogP contribution in [-0.4, -0.2) is 52.8 Å². The maximum Gasteiger partial charge on any atom is 0.339 e. The van der Waals surface area contributed by atoms with Crippen LogP contribution < -0.4 is 4.74 Å². The van der Waals surface area contributed by atoms with E-state index in [4.69, 9.17) is 14.9 Å². The maximum atomic E-state index is 11.1. The zero-order valence-electron chi connectivity index (χ0n) is 11.7. The van der Waals surface area contributed by atoms with Crippen molar-refractivity contribution in [3.05, 3.63) is 29.8 Å². The first kappa shape index (κ1) is 15.3. The first-order valence-corrected chi connectivity index (χ1v) is 6.99. The number of benzene rings is 1. The van der Waals surface area contributed by atoms with E-state index in [1.54, 1.807) is 18.2 Å². The van der Waals surface area contributed by atoms with Crippen molar-refractivity contribution in [1.29, 1.82) is 0 Å². The summed E-state index contributed by atoms with van der Waals surface area (Å²) in [7, 11) is 0. The smallest absolute Gasteiger partial charge is 0.339 e. The number of likely N-dealkylation sites (tertiary alicyclic amines) is 1. The number of piperidine rings is 1. The third-order valence-corrected chi connectivity index (χ3v) is 3.52. The van der Waals surface area contributed by atoms with E-state index in [9.17, 15) is 9.59 Å². The maximum absolute atomic E-state index is 11.1. The molecule has 2 N–H and O–H groups in total. The van der Waals surface area contributed by atoms with Gasteiger partial charge in [-0.1, -0.05) is 12.1 Å². The van der Waals surface area contributed by atoms with Crippen LogP contribution in [0, 0.1) is 0 Å².